The van der Waals surface area contributed by atoms with Gasteiger partial charge in [-0.3, -0.25) is 4.79 Å². The molecular weight excluding hydrogens is 259 g/mol. The second kappa shape index (κ2) is 5.21. The van der Waals surface area contributed by atoms with Gasteiger partial charge in [0.25, 0.3) is 5.91 Å². The molecule has 0 bridgehead atoms. The summed E-state index contributed by atoms with van der Waals surface area (Å²) in [6.07, 6.45) is -4.16. The standard InChI is InChI=1S/C13H14F3NO2/c1-2-19-8-12(18)17-7-6-9-10(13(14,15)16)4-3-5-11(9)17/h3-5H,2,6-8H2,1H3. The van der Waals surface area contributed by atoms with E-state index in [0.29, 0.717) is 12.3 Å². The molecule has 1 aliphatic heterocycles. The van der Waals surface area contributed by atoms with Crippen molar-refractivity contribution in [2.45, 2.75) is 19.5 Å². The second-order valence-electron chi connectivity index (χ2n) is 4.23. The van der Waals surface area contributed by atoms with Crippen molar-refractivity contribution in [3.8, 4) is 0 Å². The van der Waals surface area contributed by atoms with E-state index in [1.165, 1.54) is 11.0 Å². The fourth-order valence-corrected chi connectivity index (χ4v) is 2.23. The van der Waals surface area contributed by atoms with E-state index in [1.54, 1.807) is 13.0 Å². The minimum Gasteiger partial charge on any atom is -0.372 e. The average Bonchev–Trinajstić information content (AvgIpc) is 2.78. The fourth-order valence-electron chi connectivity index (χ4n) is 2.23. The first-order valence-electron chi connectivity index (χ1n) is 6.02. The molecule has 0 atom stereocenters. The average molecular weight is 273 g/mol. The molecule has 104 valence electrons. The molecule has 0 aromatic heterocycles. The lowest BCUT2D eigenvalue weighted by Gasteiger charge is -2.18. The summed E-state index contributed by atoms with van der Waals surface area (Å²) < 4.78 is 43.5. The highest BCUT2D eigenvalue weighted by molar-refractivity contribution is 5.96. The molecule has 0 N–H and O–H groups in total. The highest BCUT2D eigenvalue weighted by Crippen LogP contribution is 2.39. The predicted octanol–water partition coefficient (Wildman–Crippen LogP) is 2.63. The maximum atomic E-state index is 12.8. The van der Waals surface area contributed by atoms with E-state index in [2.05, 4.69) is 0 Å². The van der Waals surface area contributed by atoms with Gasteiger partial charge >= 0.3 is 6.18 Å². The summed E-state index contributed by atoms with van der Waals surface area (Å²) in [7, 11) is 0. The number of benzene rings is 1. The van der Waals surface area contributed by atoms with Gasteiger partial charge in [0.15, 0.2) is 0 Å². The minimum absolute atomic E-state index is 0.105. The Morgan fingerprint density at radius 2 is 2.16 bits per heavy atom. The normalized spacial score (nSPS) is 14.6. The van der Waals surface area contributed by atoms with Gasteiger partial charge in [0, 0.05) is 18.8 Å². The quantitative estimate of drug-likeness (QED) is 0.847. The van der Waals surface area contributed by atoms with E-state index < -0.39 is 11.7 Å². The summed E-state index contributed by atoms with van der Waals surface area (Å²) in [4.78, 5) is 13.2. The molecule has 1 amide bonds. The number of ether oxygens (including phenoxy) is 1. The third-order valence-electron chi connectivity index (χ3n) is 3.06. The number of fused-ring (bicyclic) bond motifs is 1. The van der Waals surface area contributed by atoms with Crippen LogP contribution in [-0.4, -0.2) is 25.7 Å². The molecule has 19 heavy (non-hydrogen) atoms. The number of halogens is 3. The molecule has 1 heterocycles. The largest absolute Gasteiger partial charge is 0.416 e. The lowest BCUT2D eigenvalue weighted by molar-refractivity contribution is -0.138. The van der Waals surface area contributed by atoms with Gasteiger partial charge in [0.1, 0.15) is 6.61 Å². The molecule has 0 saturated carbocycles. The molecule has 1 aliphatic rings. The monoisotopic (exact) mass is 273 g/mol. The van der Waals surface area contributed by atoms with Crippen LogP contribution in [0.15, 0.2) is 18.2 Å². The van der Waals surface area contributed by atoms with Crippen molar-refractivity contribution in [3.05, 3.63) is 29.3 Å². The van der Waals surface area contributed by atoms with Crippen molar-refractivity contribution < 1.29 is 22.7 Å². The predicted molar refractivity (Wildman–Crippen MR) is 64.0 cm³/mol. The molecule has 0 aliphatic carbocycles. The van der Waals surface area contributed by atoms with Gasteiger partial charge in [-0.1, -0.05) is 6.07 Å². The number of carbonyl (C=O) groups excluding carboxylic acids is 1. The summed E-state index contributed by atoms with van der Waals surface area (Å²) in [5.74, 6) is -0.306. The maximum Gasteiger partial charge on any atom is 0.416 e. The van der Waals surface area contributed by atoms with Crippen LogP contribution >= 0.6 is 0 Å². The SMILES string of the molecule is CCOCC(=O)N1CCc2c1cccc2C(F)(F)F. The van der Waals surface area contributed by atoms with Crippen LogP contribution in [0.25, 0.3) is 0 Å². The van der Waals surface area contributed by atoms with Gasteiger partial charge in [0.05, 0.1) is 5.56 Å². The molecule has 1 aromatic carbocycles. The van der Waals surface area contributed by atoms with Crippen LogP contribution in [0.1, 0.15) is 18.1 Å². The third-order valence-corrected chi connectivity index (χ3v) is 3.06. The van der Waals surface area contributed by atoms with Gasteiger partial charge in [-0.05, 0) is 31.0 Å². The summed E-state index contributed by atoms with van der Waals surface area (Å²) >= 11 is 0. The van der Waals surface area contributed by atoms with Crippen LogP contribution in [-0.2, 0) is 22.1 Å². The van der Waals surface area contributed by atoms with E-state index in [9.17, 15) is 18.0 Å². The number of amides is 1. The van der Waals surface area contributed by atoms with Crippen molar-refractivity contribution in [2.24, 2.45) is 0 Å². The number of hydrogen-bond acceptors (Lipinski definition) is 2. The molecule has 0 saturated heterocycles. The Bertz CT molecular complexity index is 485. The van der Waals surface area contributed by atoms with E-state index >= 15 is 0 Å². The summed E-state index contributed by atoms with van der Waals surface area (Å²) in [5.41, 5.74) is -0.115. The number of nitrogens with zero attached hydrogens (tertiary/aromatic N) is 1. The Morgan fingerprint density at radius 1 is 1.42 bits per heavy atom. The lowest BCUT2D eigenvalue weighted by Crippen LogP contribution is -2.32. The van der Waals surface area contributed by atoms with Crippen LogP contribution in [0.2, 0.25) is 0 Å². The first kappa shape index (κ1) is 13.9. The van der Waals surface area contributed by atoms with Crippen molar-refractivity contribution in [1.29, 1.82) is 0 Å². The Hall–Kier alpha value is -1.56. The van der Waals surface area contributed by atoms with Crippen LogP contribution in [0, 0.1) is 0 Å². The third kappa shape index (κ3) is 2.73. The van der Waals surface area contributed by atoms with E-state index in [4.69, 9.17) is 4.74 Å². The van der Waals surface area contributed by atoms with Gasteiger partial charge in [-0.2, -0.15) is 13.2 Å². The Morgan fingerprint density at radius 3 is 2.79 bits per heavy atom. The van der Waals surface area contributed by atoms with E-state index in [-0.39, 0.29) is 31.0 Å². The molecule has 2 rings (SSSR count). The van der Waals surface area contributed by atoms with Crippen molar-refractivity contribution in [2.75, 3.05) is 24.7 Å². The molecule has 3 nitrogen and oxygen atoms in total. The highest BCUT2D eigenvalue weighted by Gasteiger charge is 2.37. The van der Waals surface area contributed by atoms with Gasteiger partial charge in [-0.25, -0.2) is 0 Å². The van der Waals surface area contributed by atoms with Crippen LogP contribution < -0.4 is 4.90 Å². The lowest BCUT2D eigenvalue weighted by atomic mass is 10.0. The molecular formula is C13H14F3NO2. The van der Waals surface area contributed by atoms with Gasteiger partial charge < -0.3 is 9.64 Å². The Kier molecular flexibility index (Phi) is 3.80. The number of anilines is 1. The number of rotatable bonds is 3. The Balaban J connectivity index is 2.29. The zero-order valence-electron chi connectivity index (χ0n) is 10.5. The van der Waals surface area contributed by atoms with Crippen LogP contribution in [0.4, 0.5) is 18.9 Å². The maximum absolute atomic E-state index is 12.8. The van der Waals surface area contributed by atoms with E-state index in [0.717, 1.165) is 6.07 Å². The molecule has 0 radical (unpaired) electrons. The van der Waals surface area contributed by atoms with Crippen LogP contribution in [0.5, 0.6) is 0 Å². The van der Waals surface area contributed by atoms with Gasteiger partial charge in [0.2, 0.25) is 0 Å². The number of alkyl halides is 3. The van der Waals surface area contributed by atoms with Crippen molar-refractivity contribution in [1.82, 2.24) is 0 Å². The van der Waals surface area contributed by atoms with Crippen molar-refractivity contribution in [3.63, 3.8) is 0 Å². The Labute approximate surface area is 109 Å². The number of carbonyl (C=O) groups is 1. The first-order chi connectivity index (χ1) is 8.95. The smallest absolute Gasteiger partial charge is 0.372 e. The minimum atomic E-state index is -4.38. The zero-order chi connectivity index (χ0) is 14.0. The second-order valence-corrected chi connectivity index (χ2v) is 4.23. The first-order valence-corrected chi connectivity index (χ1v) is 6.02. The van der Waals surface area contributed by atoms with E-state index in [1.807, 2.05) is 0 Å². The summed E-state index contributed by atoms with van der Waals surface area (Å²) in [6.45, 7) is 2.32. The summed E-state index contributed by atoms with van der Waals surface area (Å²) in [5, 5.41) is 0. The molecule has 1 aromatic rings. The number of hydrogen-bond donors (Lipinski definition) is 0. The molecule has 0 fully saturated rings. The zero-order valence-corrected chi connectivity index (χ0v) is 10.5. The van der Waals surface area contributed by atoms with Gasteiger partial charge in [-0.15, -0.1) is 0 Å². The molecule has 0 spiro atoms. The topological polar surface area (TPSA) is 29.5 Å². The molecule has 0 unspecified atom stereocenters. The summed E-state index contributed by atoms with van der Waals surface area (Å²) in [6, 6.07) is 3.92. The molecule has 6 heteroatoms. The van der Waals surface area contributed by atoms with Crippen molar-refractivity contribution >= 4 is 11.6 Å². The fraction of sp³-hybridized carbons (Fsp3) is 0.462. The highest BCUT2D eigenvalue weighted by atomic mass is 19.4. The van der Waals surface area contributed by atoms with Crippen LogP contribution in [0.3, 0.4) is 0 Å².